The number of carbonyl (C=O) groups excluding carboxylic acids is 2. The smallest absolute Gasteiger partial charge is 0.410 e. The third-order valence-corrected chi connectivity index (χ3v) is 4.96. The molecule has 3 rings (SSSR count). The number of rotatable bonds is 6. The summed E-state index contributed by atoms with van der Waals surface area (Å²) in [5, 5.41) is 2.85. The molecule has 2 amide bonds. The van der Waals surface area contributed by atoms with Crippen LogP contribution < -0.4 is 10.2 Å². The van der Waals surface area contributed by atoms with E-state index in [1.165, 1.54) is 21.7 Å². The van der Waals surface area contributed by atoms with Crippen molar-refractivity contribution < 1.29 is 14.3 Å². The van der Waals surface area contributed by atoms with Gasteiger partial charge in [0, 0.05) is 32.4 Å². The summed E-state index contributed by atoms with van der Waals surface area (Å²) in [6, 6.07) is 16.8. The van der Waals surface area contributed by atoms with Crippen molar-refractivity contribution in [3.63, 3.8) is 0 Å². The van der Waals surface area contributed by atoms with Gasteiger partial charge in [0.15, 0.2) is 0 Å². The van der Waals surface area contributed by atoms with Crippen LogP contribution in [0.25, 0.3) is 0 Å². The summed E-state index contributed by atoms with van der Waals surface area (Å²) in [4.78, 5) is 27.8. The number of nitrogens with zero attached hydrogens (tertiary/aromatic N) is 2. The maximum atomic E-state index is 12.1. The molecule has 0 radical (unpaired) electrons. The highest BCUT2D eigenvalue weighted by Crippen LogP contribution is 2.28. The van der Waals surface area contributed by atoms with Gasteiger partial charge in [-0.25, -0.2) is 4.79 Å². The van der Waals surface area contributed by atoms with Gasteiger partial charge in [-0.3, -0.25) is 4.79 Å². The lowest BCUT2D eigenvalue weighted by Crippen LogP contribution is -2.40. The van der Waals surface area contributed by atoms with Crippen molar-refractivity contribution in [2.75, 3.05) is 25.0 Å². The summed E-state index contributed by atoms with van der Waals surface area (Å²) in [7, 11) is 1.55. The minimum Gasteiger partial charge on any atom is -0.444 e. The molecule has 2 aromatic rings. The van der Waals surface area contributed by atoms with Crippen molar-refractivity contribution >= 4 is 17.7 Å². The molecule has 1 N–H and O–H groups in total. The second-order valence-electron chi connectivity index (χ2n) is 8.73. The molecule has 1 heterocycles. The highest BCUT2D eigenvalue weighted by molar-refractivity contribution is 5.82. The molecule has 0 saturated carbocycles. The summed E-state index contributed by atoms with van der Waals surface area (Å²) < 4.78 is 5.26. The number of ether oxygens (including phenoxy) is 1. The molecular formula is C24H31N3O3. The Kier molecular flexibility index (Phi) is 6.65. The quantitative estimate of drug-likeness (QED) is 0.790. The summed E-state index contributed by atoms with van der Waals surface area (Å²) in [6.07, 6.45) is 0.586. The van der Waals surface area contributed by atoms with Crippen molar-refractivity contribution in [3.8, 4) is 0 Å². The molecule has 0 aromatic heterocycles. The number of nitrogens with one attached hydrogen (secondary N) is 1. The first kappa shape index (κ1) is 21.7. The van der Waals surface area contributed by atoms with Crippen LogP contribution in [0.5, 0.6) is 0 Å². The minimum atomic E-state index is -0.583. The molecule has 6 nitrogen and oxygen atoms in total. The standard InChI is InChI=1S/C24H31N3O3/c1-24(2,3)30-23(29)26(4)17-22(28)25-15-18-9-11-19(12-10-18)16-27-14-13-20-7-5-6-8-21(20)27/h5-12H,13-17H2,1-4H3,(H,25,28). The van der Waals surface area contributed by atoms with Crippen LogP contribution in [0.2, 0.25) is 0 Å². The fourth-order valence-electron chi connectivity index (χ4n) is 3.43. The molecule has 0 unspecified atom stereocenters. The van der Waals surface area contributed by atoms with Gasteiger partial charge in [0.2, 0.25) is 5.91 Å². The Morgan fingerprint density at radius 3 is 2.43 bits per heavy atom. The van der Waals surface area contributed by atoms with E-state index >= 15 is 0 Å². The monoisotopic (exact) mass is 409 g/mol. The van der Waals surface area contributed by atoms with Crippen molar-refractivity contribution in [3.05, 3.63) is 65.2 Å². The second-order valence-corrected chi connectivity index (χ2v) is 8.73. The van der Waals surface area contributed by atoms with Crippen LogP contribution in [0.1, 0.15) is 37.5 Å². The lowest BCUT2D eigenvalue weighted by molar-refractivity contribution is -0.122. The van der Waals surface area contributed by atoms with Gasteiger partial charge in [-0.05, 0) is 49.9 Å². The van der Waals surface area contributed by atoms with Gasteiger partial charge in [-0.1, -0.05) is 42.5 Å². The molecule has 0 fully saturated rings. The third-order valence-electron chi connectivity index (χ3n) is 4.96. The molecule has 0 atom stereocenters. The molecule has 2 aromatic carbocycles. The molecule has 1 aliphatic rings. The molecule has 0 saturated heterocycles. The SMILES string of the molecule is CN(CC(=O)NCc1ccc(CN2CCc3ccccc32)cc1)C(=O)OC(C)(C)C. The zero-order valence-corrected chi connectivity index (χ0v) is 18.3. The Hall–Kier alpha value is -3.02. The number of benzene rings is 2. The zero-order valence-electron chi connectivity index (χ0n) is 18.3. The highest BCUT2D eigenvalue weighted by atomic mass is 16.6. The predicted octanol–water partition coefficient (Wildman–Crippen LogP) is 3.73. The summed E-state index contributed by atoms with van der Waals surface area (Å²) in [5.41, 5.74) is 4.41. The number of hydrogen-bond donors (Lipinski definition) is 1. The molecule has 160 valence electrons. The molecule has 30 heavy (non-hydrogen) atoms. The van der Waals surface area contributed by atoms with Crippen LogP contribution in [0.3, 0.4) is 0 Å². The number of anilines is 1. The number of carbonyl (C=O) groups is 2. The van der Waals surface area contributed by atoms with E-state index in [4.69, 9.17) is 4.74 Å². The van der Waals surface area contributed by atoms with Gasteiger partial charge in [0.25, 0.3) is 0 Å². The largest absolute Gasteiger partial charge is 0.444 e. The van der Waals surface area contributed by atoms with Gasteiger partial charge in [-0.2, -0.15) is 0 Å². The number of hydrogen-bond acceptors (Lipinski definition) is 4. The Morgan fingerprint density at radius 2 is 1.73 bits per heavy atom. The fourth-order valence-corrected chi connectivity index (χ4v) is 3.43. The van der Waals surface area contributed by atoms with Crippen molar-refractivity contribution in [1.29, 1.82) is 0 Å². The van der Waals surface area contributed by atoms with Crippen molar-refractivity contribution in [2.45, 2.75) is 45.9 Å². The van der Waals surface area contributed by atoms with E-state index in [2.05, 4.69) is 46.6 Å². The van der Waals surface area contributed by atoms with Crippen LogP contribution in [-0.4, -0.2) is 42.6 Å². The van der Waals surface area contributed by atoms with Gasteiger partial charge >= 0.3 is 6.09 Å². The first-order chi connectivity index (χ1) is 14.2. The summed E-state index contributed by atoms with van der Waals surface area (Å²) >= 11 is 0. The van der Waals surface area contributed by atoms with Crippen LogP contribution in [0, 0.1) is 0 Å². The first-order valence-corrected chi connectivity index (χ1v) is 10.3. The van der Waals surface area contributed by atoms with E-state index in [1.807, 2.05) is 12.1 Å². The van der Waals surface area contributed by atoms with Crippen molar-refractivity contribution in [2.24, 2.45) is 0 Å². The second kappa shape index (κ2) is 9.20. The first-order valence-electron chi connectivity index (χ1n) is 10.3. The van der Waals surface area contributed by atoms with E-state index in [0.717, 1.165) is 25.1 Å². The van der Waals surface area contributed by atoms with Gasteiger partial charge in [0.05, 0.1) is 0 Å². The van der Waals surface area contributed by atoms with Gasteiger partial charge in [0.1, 0.15) is 12.1 Å². The minimum absolute atomic E-state index is 0.0403. The number of para-hydroxylation sites is 1. The Labute approximate surface area is 178 Å². The topological polar surface area (TPSA) is 61.9 Å². The van der Waals surface area contributed by atoms with Crippen LogP contribution in [0.15, 0.2) is 48.5 Å². The fraction of sp³-hybridized carbons (Fsp3) is 0.417. The number of fused-ring (bicyclic) bond motifs is 1. The molecule has 6 heteroatoms. The molecular weight excluding hydrogens is 378 g/mol. The number of amides is 2. The Bertz CT molecular complexity index is 887. The van der Waals surface area contributed by atoms with Gasteiger partial charge < -0.3 is 19.9 Å². The normalized spacial score (nSPS) is 13.0. The lowest BCUT2D eigenvalue weighted by Gasteiger charge is -2.24. The van der Waals surface area contributed by atoms with Crippen molar-refractivity contribution in [1.82, 2.24) is 10.2 Å². The maximum absolute atomic E-state index is 12.1. The maximum Gasteiger partial charge on any atom is 0.410 e. The van der Waals surface area contributed by atoms with E-state index in [1.54, 1.807) is 27.8 Å². The van der Waals surface area contributed by atoms with Gasteiger partial charge in [-0.15, -0.1) is 0 Å². The highest BCUT2D eigenvalue weighted by Gasteiger charge is 2.21. The number of likely N-dealkylation sites (N-methyl/N-ethyl adjacent to an activating group) is 1. The van der Waals surface area contributed by atoms with E-state index in [9.17, 15) is 9.59 Å². The lowest BCUT2D eigenvalue weighted by atomic mass is 10.1. The van der Waals surface area contributed by atoms with Crippen LogP contribution in [0.4, 0.5) is 10.5 Å². The van der Waals surface area contributed by atoms with Crippen LogP contribution >= 0.6 is 0 Å². The summed E-state index contributed by atoms with van der Waals surface area (Å²) in [6.45, 7) is 7.70. The Balaban J connectivity index is 1.46. The molecule has 0 bridgehead atoms. The van der Waals surface area contributed by atoms with E-state index in [-0.39, 0.29) is 12.5 Å². The Morgan fingerprint density at radius 1 is 1.07 bits per heavy atom. The molecule has 1 aliphatic heterocycles. The zero-order chi connectivity index (χ0) is 21.7. The average molecular weight is 410 g/mol. The summed E-state index contributed by atoms with van der Waals surface area (Å²) in [5.74, 6) is -0.221. The van der Waals surface area contributed by atoms with E-state index in [0.29, 0.717) is 6.54 Å². The van der Waals surface area contributed by atoms with E-state index < -0.39 is 11.7 Å². The predicted molar refractivity (Wildman–Crippen MR) is 118 cm³/mol. The average Bonchev–Trinajstić information content (AvgIpc) is 3.09. The molecule has 0 spiro atoms. The van der Waals surface area contributed by atoms with Crippen LogP contribution in [-0.2, 0) is 29.0 Å². The third kappa shape index (κ3) is 5.99. The molecule has 0 aliphatic carbocycles.